The van der Waals surface area contributed by atoms with Crippen LogP contribution in [0.3, 0.4) is 0 Å². The van der Waals surface area contributed by atoms with Gasteiger partial charge in [-0.1, -0.05) is 29.4 Å². The molecule has 164 valence electrons. The Morgan fingerprint density at radius 3 is 2.37 bits per heavy atom. The number of azide groups is 1. The highest BCUT2D eigenvalue weighted by Crippen LogP contribution is 2.10. The van der Waals surface area contributed by atoms with Gasteiger partial charge in [0.05, 0.1) is 6.04 Å². The molecule has 0 radical (unpaired) electrons. The summed E-state index contributed by atoms with van der Waals surface area (Å²) in [5, 5.41) is 12.0. The van der Waals surface area contributed by atoms with E-state index in [0.29, 0.717) is 13.1 Å². The van der Waals surface area contributed by atoms with Crippen molar-refractivity contribution in [3.8, 4) is 0 Å². The fourth-order valence-corrected chi connectivity index (χ4v) is 2.25. The van der Waals surface area contributed by atoms with Gasteiger partial charge in [-0.25, -0.2) is 9.59 Å². The normalized spacial score (nSPS) is 11.5. The van der Waals surface area contributed by atoms with E-state index in [-0.39, 0.29) is 25.5 Å². The molecule has 1 rings (SSSR count). The van der Waals surface area contributed by atoms with Gasteiger partial charge >= 0.3 is 12.1 Å². The largest absolute Gasteiger partial charge is 0.480 e. The number of nitrogens with zero attached hydrogens (tertiary/aromatic N) is 5. The smallest absolute Gasteiger partial charge is 0.411 e. The number of carboxylic acid groups (broad SMARTS) is 1. The second-order valence-electron chi connectivity index (χ2n) is 6.83. The van der Waals surface area contributed by atoms with Crippen molar-refractivity contribution in [1.29, 1.82) is 0 Å². The standard InChI is InChI=1S/C19H27N5O6/c1-14(21-22-20)17(25)10-15-4-6-16(7-5-15)11-30-19(28)24(9-8-23(2)3)13-29-12-18(26)27/h4-7,14H,8-13H2,1-3H3,(H,26,27)/t14-/m0/s1. The number of Topliss-reactive ketones (excluding diaryl/α,β-unsaturated/α-hetero) is 1. The first-order chi connectivity index (χ1) is 14.2. The molecular weight excluding hydrogens is 394 g/mol. The summed E-state index contributed by atoms with van der Waals surface area (Å²) in [5.74, 6) is -1.31. The number of carbonyl (C=O) groups excluding carboxylic acids is 2. The SMILES string of the molecule is C[C@H](N=[N+]=[N-])C(=O)Cc1ccc(COC(=O)N(CCN(C)C)COCC(=O)O)cc1. The molecule has 30 heavy (non-hydrogen) atoms. The van der Waals surface area contributed by atoms with Crippen LogP contribution in [0.1, 0.15) is 18.1 Å². The maximum Gasteiger partial charge on any atom is 0.411 e. The molecule has 0 aliphatic rings. The maximum atomic E-state index is 12.3. The van der Waals surface area contributed by atoms with Gasteiger partial charge < -0.3 is 19.5 Å². The highest BCUT2D eigenvalue weighted by Gasteiger charge is 2.16. The van der Waals surface area contributed by atoms with Gasteiger partial charge in [0, 0.05) is 24.4 Å². The maximum absolute atomic E-state index is 12.3. The number of hydrogen-bond acceptors (Lipinski definition) is 7. The van der Waals surface area contributed by atoms with Gasteiger partial charge in [0.15, 0.2) is 0 Å². The minimum atomic E-state index is -1.12. The number of aliphatic carboxylic acids is 1. The molecule has 0 saturated heterocycles. The van der Waals surface area contributed by atoms with Crippen LogP contribution in [0.2, 0.25) is 0 Å². The van der Waals surface area contributed by atoms with Crippen molar-refractivity contribution in [3.63, 3.8) is 0 Å². The van der Waals surface area contributed by atoms with Gasteiger partial charge in [0.2, 0.25) is 0 Å². The molecule has 0 heterocycles. The van der Waals surface area contributed by atoms with Crippen molar-refractivity contribution in [3.05, 3.63) is 45.8 Å². The van der Waals surface area contributed by atoms with Crippen LogP contribution in [0.25, 0.3) is 10.4 Å². The van der Waals surface area contributed by atoms with E-state index in [4.69, 9.17) is 20.1 Å². The van der Waals surface area contributed by atoms with Gasteiger partial charge in [-0.15, -0.1) is 0 Å². The number of benzene rings is 1. The summed E-state index contributed by atoms with van der Waals surface area (Å²) in [5.41, 5.74) is 9.87. The van der Waals surface area contributed by atoms with E-state index in [2.05, 4.69) is 10.0 Å². The van der Waals surface area contributed by atoms with Crippen molar-refractivity contribution in [2.24, 2.45) is 5.11 Å². The Morgan fingerprint density at radius 1 is 1.17 bits per heavy atom. The van der Waals surface area contributed by atoms with Gasteiger partial charge in [0.1, 0.15) is 25.7 Å². The van der Waals surface area contributed by atoms with Gasteiger partial charge in [-0.2, -0.15) is 0 Å². The first kappa shape index (κ1) is 24.9. The first-order valence-electron chi connectivity index (χ1n) is 9.23. The van der Waals surface area contributed by atoms with Crippen molar-refractivity contribution in [1.82, 2.24) is 9.80 Å². The van der Waals surface area contributed by atoms with E-state index in [9.17, 15) is 14.4 Å². The molecule has 1 aromatic rings. The summed E-state index contributed by atoms with van der Waals surface area (Å²) < 4.78 is 10.3. The second-order valence-corrected chi connectivity index (χ2v) is 6.83. The first-order valence-corrected chi connectivity index (χ1v) is 9.23. The average molecular weight is 421 g/mol. The molecule has 11 nitrogen and oxygen atoms in total. The molecule has 1 amide bonds. The highest BCUT2D eigenvalue weighted by molar-refractivity contribution is 5.85. The molecule has 1 N–H and O–H groups in total. The number of ether oxygens (including phenoxy) is 2. The van der Waals surface area contributed by atoms with Crippen molar-refractivity contribution in [2.75, 3.05) is 40.5 Å². The third kappa shape index (κ3) is 9.87. The van der Waals surface area contributed by atoms with Crippen LogP contribution in [0.5, 0.6) is 0 Å². The molecular formula is C19H27N5O6. The lowest BCUT2D eigenvalue weighted by Crippen LogP contribution is -2.39. The predicted octanol–water partition coefficient (Wildman–Crippen LogP) is 2.06. The number of carbonyl (C=O) groups is 3. The molecule has 1 aromatic carbocycles. The molecule has 1 atom stereocenters. The molecule has 0 fully saturated rings. The number of hydrogen-bond donors (Lipinski definition) is 1. The van der Waals surface area contributed by atoms with Crippen LogP contribution < -0.4 is 0 Å². The van der Waals surface area contributed by atoms with Crippen LogP contribution in [0.15, 0.2) is 29.4 Å². The van der Waals surface area contributed by atoms with E-state index in [1.54, 1.807) is 24.3 Å². The van der Waals surface area contributed by atoms with E-state index in [0.717, 1.165) is 11.1 Å². The van der Waals surface area contributed by atoms with E-state index < -0.39 is 24.7 Å². The molecule has 0 aliphatic carbocycles. The summed E-state index contributed by atoms with van der Waals surface area (Å²) in [6, 6.07) is 6.22. The summed E-state index contributed by atoms with van der Waals surface area (Å²) >= 11 is 0. The van der Waals surface area contributed by atoms with E-state index in [1.807, 2.05) is 19.0 Å². The number of amides is 1. The lowest BCUT2D eigenvalue weighted by molar-refractivity contribution is -0.143. The molecule has 0 saturated carbocycles. The second kappa shape index (κ2) is 13.2. The van der Waals surface area contributed by atoms with Crippen LogP contribution >= 0.6 is 0 Å². The quantitative estimate of drug-likeness (QED) is 0.222. The predicted molar refractivity (Wildman–Crippen MR) is 108 cm³/mol. The molecule has 11 heteroatoms. The Balaban J connectivity index is 2.59. The van der Waals surface area contributed by atoms with E-state index >= 15 is 0 Å². The number of carboxylic acids is 1. The minimum absolute atomic E-state index is 0.0135. The minimum Gasteiger partial charge on any atom is -0.480 e. The Labute approximate surface area is 174 Å². The van der Waals surface area contributed by atoms with Crippen LogP contribution in [0.4, 0.5) is 4.79 Å². The van der Waals surface area contributed by atoms with Crippen molar-refractivity contribution in [2.45, 2.75) is 26.0 Å². The number of ketones is 1. The monoisotopic (exact) mass is 421 g/mol. The molecule has 0 bridgehead atoms. The summed E-state index contributed by atoms with van der Waals surface area (Å²) in [6.45, 7) is 1.73. The van der Waals surface area contributed by atoms with Crippen molar-refractivity contribution < 1.29 is 29.0 Å². The highest BCUT2D eigenvalue weighted by atomic mass is 16.6. The summed E-state index contributed by atoms with van der Waals surface area (Å²) in [7, 11) is 3.70. The lowest BCUT2D eigenvalue weighted by atomic mass is 10.0. The lowest BCUT2D eigenvalue weighted by Gasteiger charge is -2.23. The third-order valence-electron chi connectivity index (χ3n) is 4.00. The molecule has 0 unspecified atom stereocenters. The van der Waals surface area contributed by atoms with Crippen LogP contribution in [-0.4, -0.2) is 79.3 Å². The zero-order valence-corrected chi connectivity index (χ0v) is 17.4. The number of likely N-dealkylation sites (N-methyl/N-ethyl adjacent to an activating group) is 1. The zero-order valence-electron chi connectivity index (χ0n) is 17.4. The Bertz CT molecular complexity index is 761. The van der Waals surface area contributed by atoms with Crippen molar-refractivity contribution >= 4 is 17.8 Å². The Hall–Kier alpha value is -3.14. The molecule has 0 aliphatic heterocycles. The topological polar surface area (TPSA) is 145 Å². The van der Waals surface area contributed by atoms with Gasteiger partial charge in [0.25, 0.3) is 0 Å². The third-order valence-corrected chi connectivity index (χ3v) is 4.00. The fourth-order valence-electron chi connectivity index (χ4n) is 2.25. The van der Waals surface area contributed by atoms with Gasteiger partial charge in [-0.3, -0.25) is 9.69 Å². The van der Waals surface area contributed by atoms with Crippen LogP contribution in [-0.2, 0) is 32.1 Å². The molecule has 0 aromatic heterocycles. The Kier molecular flexibility index (Phi) is 10.9. The van der Waals surface area contributed by atoms with E-state index in [1.165, 1.54) is 11.8 Å². The zero-order chi connectivity index (χ0) is 22.5. The molecule has 0 spiro atoms. The fraction of sp³-hybridized carbons (Fsp3) is 0.526. The summed E-state index contributed by atoms with van der Waals surface area (Å²) in [6.07, 6.45) is -0.482. The number of rotatable bonds is 13. The Morgan fingerprint density at radius 2 is 1.80 bits per heavy atom. The summed E-state index contributed by atoms with van der Waals surface area (Å²) in [4.78, 5) is 40.6. The average Bonchev–Trinajstić information content (AvgIpc) is 2.69. The van der Waals surface area contributed by atoms with Crippen LogP contribution in [0, 0.1) is 0 Å². The van der Waals surface area contributed by atoms with Gasteiger partial charge in [-0.05, 0) is 37.7 Å².